The van der Waals surface area contributed by atoms with Gasteiger partial charge in [-0.3, -0.25) is 4.90 Å². The second kappa shape index (κ2) is 16.2. The number of nitrogens with one attached hydrogen (secondary N) is 1. The molecule has 0 amide bonds. The van der Waals surface area contributed by atoms with Gasteiger partial charge in [-0.1, -0.05) is 92.1 Å². The van der Waals surface area contributed by atoms with Gasteiger partial charge >= 0.3 is 0 Å². The molecule has 3 saturated heterocycles. The molecule has 4 atom stereocenters. The van der Waals surface area contributed by atoms with Crippen molar-refractivity contribution in [2.45, 2.75) is 88.4 Å². The van der Waals surface area contributed by atoms with Gasteiger partial charge in [0, 0.05) is 44.8 Å². The molecule has 1 saturated carbocycles. The van der Waals surface area contributed by atoms with E-state index in [4.69, 9.17) is 24.4 Å². The van der Waals surface area contributed by atoms with Crippen LogP contribution in [0.2, 0.25) is 0 Å². The van der Waals surface area contributed by atoms with E-state index in [2.05, 4.69) is 97.7 Å². The molecular weight excluding hydrogens is 643 g/mol. The number of aromatic hydroxyl groups is 1. The highest BCUT2D eigenvalue weighted by Crippen LogP contribution is 2.31. The summed E-state index contributed by atoms with van der Waals surface area (Å²) < 4.78 is 0. The molecule has 3 heterocycles. The summed E-state index contributed by atoms with van der Waals surface area (Å²) in [6.45, 7) is 6.02. The van der Waals surface area contributed by atoms with E-state index >= 15 is 0 Å². The lowest BCUT2D eigenvalue weighted by Gasteiger charge is -2.37. The van der Waals surface area contributed by atoms with Crippen molar-refractivity contribution in [3.05, 3.63) is 102 Å². The number of thiocarbonyl (C=S) groups is 2. The third-order valence-corrected chi connectivity index (χ3v) is 12.4. The summed E-state index contributed by atoms with van der Waals surface area (Å²) in [7, 11) is 0. The van der Waals surface area contributed by atoms with Crippen molar-refractivity contribution in [1.82, 2.24) is 24.9 Å². The van der Waals surface area contributed by atoms with Crippen LogP contribution in [0.5, 0.6) is 5.75 Å². The van der Waals surface area contributed by atoms with Gasteiger partial charge in [0.2, 0.25) is 0 Å². The molecule has 6 nitrogen and oxygen atoms in total. The number of benzene rings is 3. The molecule has 4 fully saturated rings. The van der Waals surface area contributed by atoms with Gasteiger partial charge in [0.25, 0.3) is 0 Å². The normalized spacial score (nSPS) is 24.2. The molecule has 0 radical (unpaired) electrons. The quantitative estimate of drug-likeness (QED) is 0.193. The maximum absolute atomic E-state index is 9.97. The largest absolute Gasteiger partial charge is 0.508 e. The number of hydrogen-bond donors (Lipinski definition) is 2. The number of rotatable bonds is 13. The van der Waals surface area contributed by atoms with Gasteiger partial charge in [-0.2, -0.15) is 0 Å². The molecule has 2 N–H and O–H groups in total. The van der Waals surface area contributed by atoms with E-state index in [1.54, 1.807) is 0 Å². The molecule has 8 heteroatoms. The SMILES string of the molecule is Oc1ccc(C[C@H]2CN([C@@H](Cc3ccccc3)CN3CCC[C@@H]3CN3C(=S)NC[C@@H]3Cc3ccccc3)C(=S)N2CC2CCCCC2)cc1. The molecule has 3 aromatic rings. The minimum atomic E-state index is 0.290. The molecule has 1 aliphatic carbocycles. The van der Waals surface area contributed by atoms with Gasteiger partial charge in [-0.25, -0.2) is 0 Å². The van der Waals surface area contributed by atoms with E-state index in [0.717, 1.165) is 68.8 Å². The second-order valence-corrected chi connectivity index (χ2v) is 15.7. The summed E-state index contributed by atoms with van der Waals surface area (Å²) in [4.78, 5) is 10.4. The molecule has 3 aromatic carbocycles. The first kappa shape index (κ1) is 34.3. The number of hydrogen-bond acceptors (Lipinski definition) is 4. The molecule has 7 rings (SSSR count). The van der Waals surface area contributed by atoms with Crippen LogP contribution in [0.4, 0.5) is 0 Å². The van der Waals surface area contributed by atoms with Gasteiger partial charge in [0.05, 0.1) is 12.1 Å². The Hall–Kier alpha value is -3.20. The van der Waals surface area contributed by atoms with Gasteiger partial charge in [-0.15, -0.1) is 0 Å². The average molecular weight is 696 g/mol. The molecule has 3 aliphatic heterocycles. The Balaban J connectivity index is 1.10. The number of likely N-dealkylation sites (tertiary alicyclic amines) is 1. The van der Waals surface area contributed by atoms with Crippen LogP contribution in [0.25, 0.3) is 0 Å². The van der Waals surface area contributed by atoms with Crippen LogP contribution in [-0.4, -0.2) is 98.4 Å². The molecule has 4 aliphatic rings. The van der Waals surface area contributed by atoms with Crippen LogP contribution in [0.1, 0.15) is 61.6 Å². The van der Waals surface area contributed by atoms with Crippen molar-refractivity contribution in [3.63, 3.8) is 0 Å². The van der Waals surface area contributed by atoms with Crippen LogP contribution in [0.3, 0.4) is 0 Å². The van der Waals surface area contributed by atoms with Gasteiger partial charge in [0.15, 0.2) is 10.2 Å². The lowest BCUT2D eigenvalue weighted by Crippen LogP contribution is -2.51. The molecule has 0 bridgehead atoms. The highest BCUT2D eigenvalue weighted by atomic mass is 32.1. The summed E-state index contributed by atoms with van der Waals surface area (Å²) >= 11 is 12.4. The molecule has 49 heavy (non-hydrogen) atoms. The van der Waals surface area contributed by atoms with Crippen LogP contribution in [0, 0.1) is 5.92 Å². The topological polar surface area (TPSA) is 45.2 Å². The van der Waals surface area contributed by atoms with Gasteiger partial charge < -0.3 is 25.1 Å². The first-order valence-corrected chi connectivity index (χ1v) is 19.5. The lowest BCUT2D eigenvalue weighted by molar-refractivity contribution is 0.159. The highest BCUT2D eigenvalue weighted by Gasteiger charge is 2.41. The van der Waals surface area contributed by atoms with Gasteiger partial charge in [-0.05, 0) is 111 Å². The Morgan fingerprint density at radius 1 is 0.694 bits per heavy atom. The molecule has 260 valence electrons. The lowest BCUT2D eigenvalue weighted by atomic mass is 9.88. The van der Waals surface area contributed by atoms with E-state index in [9.17, 15) is 5.11 Å². The summed E-state index contributed by atoms with van der Waals surface area (Å²) in [5.41, 5.74) is 4.01. The Morgan fingerprint density at radius 2 is 1.37 bits per heavy atom. The smallest absolute Gasteiger partial charge is 0.172 e. The van der Waals surface area contributed by atoms with Crippen molar-refractivity contribution in [2.75, 3.05) is 39.3 Å². The number of nitrogens with zero attached hydrogens (tertiary/aromatic N) is 4. The summed E-state index contributed by atoms with van der Waals surface area (Å²) in [5, 5.41) is 15.4. The molecule has 0 aromatic heterocycles. The van der Waals surface area contributed by atoms with Crippen molar-refractivity contribution in [1.29, 1.82) is 0 Å². The van der Waals surface area contributed by atoms with E-state index < -0.39 is 0 Å². The van der Waals surface area contributed by atoms with Crippen LogP contribution >= 0.6 is 24.4 Å². The molecule has 0 spiro atoms. The Morgan fingerprint density at radius 3 is 2.10 bits per heavy atom. The van der Waals surface area contributed by atoms with Crippen LogP contribution in [-0.2, 0) is 19.3 Å². The summed E-state index contributed by atoms with van der Waals surface area (Å²) in [6, 6.07) is 31.2. The summed E-state index contributed by atoms with van der Waals surface area (Å²) in [6.07, 6.45) is 12.0. The highest BCUT2D eigenvalue weighted by molar-refractivity contribution is 7.80. The van der Waals surface area contributed by atoms with Gasteiger partial charge in [0.1, 0.15) is 5.75 Å². The fourth-order valence-corrected chi connectivity index (χ4v) is 9.62. The zero-order chi connectivity index (χ0) is 33.6. The standard InChI is InChI=1S/C41H53N5OS2/c47-39-20-18-33(19-21-39)25-38-30-46(41(49)45(38)27-34-15-8-3-9-16-34)37(24-32-13-6-2-7-14-32)28-43-22-10-17-35(43)29-44-36(26-42-40(44)48)23-31-11-4-1-5-12-31/h1-2,4-7,11-14,18-21,34-38,47H,3,8-10,15-17,22-30H2,(H,42,48)/t35-,36+,37+,38+/m1/s1. The zero-order valence-electron chi connectivity index (χ0n) is 28.8. The third-order valence-electron chi connectivity index (χ3n) is 11.5. The van der Waals surface area contributed by atoms with E-state index in [-0.39, 0.29) is 6.04 Å². The first-order chi connectivity index (χ1) is 24.0. The van der Waals surface area contributed by atoms with E-state index in [0.29, 0.717) is 29.8 Å². The maximum Gasteiger partial charge on any atom is 0.172 e. The Labute approximate surface area is 304 Å². The number of phenolic OH excluding ortho intramolecular Hbond substituents is 1. The second-order valence-electron chi connectivity index (χ2n) is 14.9. The fraction of sp³-hybridized carbons (Fsp3) is 0.512. The maximum atomic E-state index is 9.97. The monoisotopic (exact) mass is 695 g/mol. The van der Waals surface area contributed by atoms with Crippen LogP contribution < -0.4 is 5.32 Å². The van der Waals surface area contributed by atoms with E-state index in [1.165, 1.54) is 61.6 Å². The van der Waals surface area contributed by atoms with Crippen LogP contribution in [0.15, 0.2) is 84.9 Å². The third kappa shape index (κ3) is 8.58. The van der Waals surface area contributed by atoms with Crippen molar-refractivity contribution >= 4 is 34.7 Å². The van der Waals surface area contributed by atoms with Crippen molar-refractivity contribution in [2.24, 2.45) is 5.92 Å². The zero-order valence-corrected chi connectivity index (χ0v) is 30.5. The van der Waals surface area contributed by atoms with Crippen molar-refractivity contribution in [3.8, 4) is 5.75 Å². The minimum absolute atomic E-state index is 0.290. The van der Waals surface area contributed by atoms with E-state index in [1.807, 2.05) is 12.1 Å². The predicted octanol–water partition coefficient (Wildman–Crippen LogP) is 6.66. The summed E-state index contributed by atoms with van der Waals surface area (Å²) in [5.74, 6) is 1.04. The first-order valence-electron chi connectivity index (χ1n) is 18.7. The Bertz CT molecular complexity index is 1520. The number of phenols is 1. The minimum Gasteiger partial charge on any atom is -0.508 e. The molecule has 0 unspecified atom stereocenters. The average Bonchev–Trinajstić information content (AvgIpc) is 3.80. The predicted molar refractivity (Wildman–Crippen MR) is 208 cm³/mol. The Kier molecular flexibility index (Phi) is 11.3. The van der Waals surface area contributed by atoms with Crippen molar-refractivity contribution < 1.29 is 5.11 Å². The fourth-order valence-electron chi connectivity index (χ4n) is 8.87. The molecular formula is C41H53N5OS2.